The molecular weight excluding hydrogens is 336 g/mol. The van der Waals surface area contributed by atoms with Crippen molar-refractivity contribution in [1.29, 1.82) is 0 Å². The Morgan fingerprint density at radius 1 is 1.26 bits per heavy atom. The van der Waals surface area contributed by atoms with Gasteiger partial charge in [0.25, 0.3) is 0 Å². The van der Waals surface area contributed by atoms with E-state index in [1.807, 2.05) is 43.9 Å². The summed E-state index contributed by atoms with van der Waals surface area (Å²) >= 11 is 0. The topological polar surface area (TPSA) is 51.0 Å². The number of hydrogen-bond donors (Lipinski definition) is 0. The number of pyridine rings is 1. The van der Waals surface area contributed by atoms with Gasteiger partial charge in [0.15, 0.2) is 0 Å². The van der Waals surface area contributed by atoms with Crippen molar-refractivity contribution in [3.8, 4) is 11.4 Å². The third-order valence-electron chi connectivity index (χ3n) is 5.22. The molecule has 3 heterocycles. The monoisotopic (exact) mass is 368 g/mol. The summed E-state index contributed by atoms with van der Waals surface area (Å²) in [5, 5.41) is 4.39. The number of nitrogens with zero attached hydrogens (tertiary/aromatic N) is 4. The van der Waals surface area contributed by atoms with Crippen molar-refractivity contribution in [1.82, 2.24) is 19.7 Å². The lowest BCUT2D eigenvalue weighted by Crippen LogP contribution is -2.45. The summed E-state index contributed by atoms with van der Waals surface area (Å²) in [7, 11) is 0. The molecule has 0 aromatic carbocycles. The zero-order valence-corrected chi connectivity index (χ0v) is 17.3. The number of hydrogen-bond acceptors (Lipinski definition) is 3. The van der Waals surface area contributed by atoms with Crippen LogP contribution in [0.5, 0.6) is 0 Å². The molecule has 0 N–H and O–H groups in total. The predicted molar refractivity (Wildman–Crippen MR) is 108 cm³/mol. The van der Waals surface area contributed by atoms with Crippen LogP contribution in [0.1, 0.15) is 59.1 Å². The molecule has 1 aliphatic heterocycles. The molecule has 0 radical (unpaired) electrons. The van der Waals surface area contributed by atoms with Crippen molar-refractivity contribution in [3.63, 3.8) is 0 Å². The van der Waals surface area contributed by atoms with Crippen LogP contribution in [0.2, 0.25) is 0 Å². The lowest BCUT2D eigenvalue weighted by atomic mass is 9.88. The molecule has 5 heteroatoms. The second-order valence-corrected chi connectivity index (χ2v) is 9.02. The van der Waals surface area contributed by atoms with Gasteiger partial charge in [-0.05, 0) is 56.7 Å². The lowest BCUT2D eigenvalue weighted by molar-refractivity contribution is -0.141. The molecule has 1 amide bonds. The van der Waals surface area contributed by atoms with Crippen molar-refractivity contribution < 1.29 is 4.79 Å². The number of rotatable bonds is 4. The van der Waals surface area contributed by atoms with Gasteiger partial charge >= 0.3 is 0 Å². The molecule has 1 aliphatic rings. The van der Waals surface area contributed by atoms with E-state index in [1.54, 1.807) is 0 Å². The number of carbonyl (C=O) groups excluding carboxylic acids is 1. The number of aromatic nitrogens is 3. The number of carbonyl (C=O) groups is 1. The first-order valence-electron chi connectivity index (χ1n) is 10.0. The number of likely N-dealkylation sites (tertiary alicyclic amines) is 1. The normalized spacial score (nSPS) is 18.1. The zero-order valence-electron chi connectivity index (χ0n) is 17.3. The van der Waals surface area contributed by atoms with E-state index in [9.17, 15) is 4.79 Å². The van der Waals surface area contributed by atoms with E-state index in [-0.39, 0.29) is 11.3 Å². The Morgan fingerprint density at radius 2 is 2.04 bits per heavy atom. The third-order valence-corrected chi connectivity index (χ3v) is 5.22. The van der Waals surface area contributed by atoms with E-state index in [2.05, 4.69) is 41.0 Å². The average Bonchev–Trinajstić information content (AvgIpc) is 3.11. The Balaban J connectivity index is 1.66. The molecule has 1 unspecified atom stereocenters. The van der Waals surface area contributed by atoms with Crippen molar-refractivity contribution >= 4 is 5.91 Å². The fourth-order valence-electron chi connectivity index (χ4n) is 3.85. The molecule has 5 nitrogen and oxygen atoms in total. The van der Waals surface area contributed by atoms with Gasteiger partial charge in [-0.25, -0.2) is 0 Å². The summed E-state index contributed by atoms with van der Waals surface area (Å²) in [6, 6.07) is 6.58. The molecule has 0 aliphatic carbocycles. The van der Waals surface area contributed by atoms with Gasteiger partial charge in [0, 0.05) is 36.9 Å². The van der Waals surface area contributed by atoms with Gasteiger partial charge in [0.05, 0.1) is 11.4 Å². The molecule has 2 aromatic rings. The standard InChI is InChI=1S/C22H32N4O/c1-16(2)26-20(10-11-24-26)19-9-8-17(14-23-19)13-18-7-6-12-25(15-18)21(27)22(3,4)5/h8-11,14,16,18H,6-7,12-13,15H2,1-5H3. The Bertz CT molecular complexity index is 770. The van der Waals surface area contributed by atoms with Gasteiger partial charge in [-0.3, -0.25) is 14.5 Å². The quantitative estimate of drug-likeness (QED) is 0.806. The van der Waals surface area contributed by atoms with Crippen LogP contribution >= 0.6 is 0 Å². The highest BCUT2D eigenvalue weighted by Gasteiger charge is 2.31. The first kappa shape index (κ1) is 19.6. The minimum absolute atomic E-state index is 0.266. The molecule has 0 saturated carbocycles. The fourth-order valence-corrected chi connectivity index (χ4v) is 3.85. The molecule has 0 bridgehead atoms. The van der Waals surface area contributed by atoms with Crippen molar-refractivity contribution in [2.75, 3.05) is 13.1 Å². The summed E-state index contributed by atoms with van der Waals surface area (Å²) in [4.78, 5) is 19.3. The van der Waals surface area contributed by atoms with E-state index in [1.165, 1.54) is 12.0 Å². The molecule has 1 saturated heterocycles. The highest BCUT2D eigenvalue weighted by Crippen LogP contribution is 2.26. The molecule has 146 valence electrons. The minimum Gasteiger partial charge on any atom is -0.342 e. The van der Waals surface area contributed by atoms with Gasteiger partial charge < -0.3 is 4.90 Å². The van der Waals surface area contributed by atoms with Gasteiger partial charge in [0.1, 0.15) is 0 Å². The van der Waals surface area contributed by atoms with E-state index < -0.39 is 0 Å². The highest BCUT2D eigenvalue weighted by atomic mass is 16.2. The maximum atomic E-state index is 12.6. The molecule has 3 rings (SSSR count). The minimum atomic E-state index is -0.301. The first-order chi connectivity index (χ1) is 12.8. The van der Waals surface area contributed by atoms with Crippen molar-refractivity contribution in [3.05, 3.63) is 36.2 Å². The van der Waals surface area contributed by atoms with E-state index >= 15 is 0 Å². The van der Waals surface area contributed by atoms with Crippen molar-refractivity contribution in [2.24, 2.45) is 11.3 Å². The largest absolute Gasteiger partial charge is 0.342 e. The maximum absolute atomic E-state index is 12.6. The van der Waals surface area contributed by atoms with Gasteiger partial charge in [-0.1, -0.05) is 26.8 Å². The van der Waals surface area contributed by atoms with E-state index in [0.29, 0.717) is 12.0 Å². The van der Waals surface area contributed by atoms with Crippen LogP contribution < -0.4 is 0 Å². The zero-order chi connectivity index (χ0) is 19.6. The summed E-state index contributed by atoms with van der Waals surface area (Å²) in [5.74, 6) is 0.779. The van der Waals surface area contributed by atoms with Crippen LogP contribution in [0.4, 0.5) is 0 Å². The highest BCUT2D eigenvalue weighted by molar-refractivity contribution is 5.81. The Morgan fingerprint density at radius 3 is 2.67 bits per heavy atom. The SMILES string of the molecule is CC(C)n1nccc1-c1ccc(CC2CCCN(C(=O)C(C)(C)C)C2)cn1. The Labute approximate surface area is 162 Å². The molecule has 1 fully saturated rings. The van der Waals surface area contributed by atoms with Gasteiger partial charge in [-0.15, -0.1) is 0 Å². The molecule has 27 heavy (non-hydrogen) atoms. The first-order valence-corrected chi connectivity index (χ1v) is 10.0. The average molecular weight is 369 g/mol. The summed E-state index contributed by atoms with van der Waals surface area (Å²) in [6.45, 7) is 12.0. The van der Waals surface area contributed by atoms with E-state index in [0.717, 1.165) is 37.3 Å². The van der Waals surface area contributed by atoms with Crippen LogP contribution in [0.15, 0.2) is 30.6 Å². The summed E-state index contributed by atoms with van der Waals surface area (Å²) in [6.07, 6.45) is 7.05. The number of piperidine rings is 1. The van der Waals surface area contributed by atoms with Crippen LogP contribution in [0.3, 0.4) is 0 Å². The maximum Gasteiger partial charge on any atom is 0.227 e. The lowest BCUT2D eigenvalue weighted by Gasteiger charge is -2.36. The molecule has 1 atom stereocenters. The Kier molecular flexibility index (Phi) is 5.68. The second kappa shape index (κ2) is 7.83. The summed E-state index contributed by atoms with van der Waals surface area (Å²) in [5.41, 5.74) is 2.95. The van der Waals surface area contributed by atoms with Crippen LogP contribution in [0, 0.1) is 11.3 Å². The molecular formula is C22H32N4O. The van der Waals surface area contributed by atoms with E-state index in [4.69, 9.17) is 0 Å². The van der Waals surface area contributed by atoms with Crippen molar-refractivity contribution in [2.45, 2.75) is 59.9 Å². The van der Waals surface area contributed by atoms with Crippen LogP contribution in [-0.4, -0.2) is 38.7 Å². The third kappa shape index (κ3) is 4.57. The van der Waals surface area contributed by atoms with Gasteiger partial charge in [-0.2, -0.15) is 5.10 Å². The van der Waals surface area contributed by atoms with Crippen LogP contribution in [0.25, 0.3) is 11.4 Å². The van der Waals surface area contributed by atoms with Gasteiger partial charge in [0.2, 0.25) is 5.91 Å². The smallest absolute Gasteiger partial charge is 0.227 e. The fraction of sp³-hybridized carbons (Fsp3) is 0.591. The predicted octanol–water partition coefficient (Wildman–Crippen LogP) is 4.35. The Hall–Kier alpha value is -2.17. The number of amides is 1. The molecule has 0 spiro atoms. The van der Waals surface area contributed by atoms with Crippen LogP contribution in [-0.2, 0) is 11.2 Å². The summed E-state index contributed by atoms with van der Waals surface area (Å²) < 4.78 is 2.00. The second-order valence-electron chi connectivity index (χ2n) is 9.02. The molecule has 2 aromatic heterocycles.